The highest BCUT2D eigenvalue weighted by atomic mass is 32.2. The standard InChI is InChI=1S/C21H22N2O5S/c1-23(2)29(25,26)20-11-7-6-8-16(20)14-22-21(24)19-13-12-18(28-19)15-27-17-9-4-3-5-10-17/h3-13H,14-15H2,1-2H3,(H,22,24). The molecule has 2 aromatic carbocycles. The second-order valence-corrected chi connectivity index (χ2v) is 8.57. The summed E-state index contributed by atoms with van der Waals surface area (Å²) in [5, 5.41) is 2.70. The highest BCUT2D eigenvalue weighted by Gasteiger charge is 2.21. The molecule has 0 unspecified atom stereocenters. The molecule has 0 atom stereocenters. The lowest BCUT2D eigenvalue weighted by Crippen LogP contribution is -2.26. The zero-order chi connectivity index (χ0) is 20.9. The molecule has 29 heavy (non-hydrogen) atoms. The van der Waals surface area contributed by atoms with Crippen LogP contribution in [0.2, 0.25) is 0 Å². The number of nitrogens with one attached hydrogen (secondary N) is 1. The minimum absolute atomic E-state index is 0.0542. The Morgan fingerprint density at radius 1 is 1.00 bits per heavy atom. The molecule has 0 aliphatic heterocycles. The van der Waals surface area contributed by atoms with E-state index in [9.17, 15) is 13.2 Å². The third-order valence-electron chi connectivity index (χ3n) is 4.18. The molecule has 1 amide bonds. The van der Waals surface area contributed by atoms with Crippen LogP contribution in [0.25, 0.3) is 0 Å². The van der Waals surface area contributed by atoms with Crippen molar-refractivity contribution in [2.24, 2.45) is 0 Å². The molecule has 0 aliphatic rings. The highest BCUT2D eigenvalue weighted by Crippen LogP contribution is 2.19. The van der Waals surface area contributed by atoms with Gasteiger partial charge < -0.3 is 14.5 Å². The zero-order valence-corrected chi connectivity index (χ0v) is 17.0. The van der Waals surface area contributed by atoms with Crippen molar-refractivity contribution < 1.29 is 22.4 Å². The number of benzene rings is 2. The van der Waals surface area contributed by atoms with E-state index in [0.717, 1.165) is 4.31 Å². The number of sulfonamides is 1. The number of para-hydroxylation sites is 1. The van der Waals surface area contributed by atoms with Gasteiger partial charge in [-0.25, -0.2) is 12.7 Å². The minimum atomic E-state index is -3.61. The number of rotatable bonds is 8. The first kappa shape index (κ1) is 20.6. The molecule has 0 saturated carbocycles. The maximum absolute atomic E-state index is 12.4. The van der Waals surface area contributed by atoms with E-state index in [1.165, 1.54) is 20.2 Å². The number of hydrogen-bond acceptors (Lipinski definition) is 5. The lowest BCUT2D eigenvalue weighted by molar-refractivity contribution is 0.0918. The number of amides is 1. The summed E-state index contributed by atoms with van der Waals surface area (Å²) < 4.78 is 37.1. The fourth-order valence-electron chi connectivity index (χ4n) is 2.61. The van der Waals surface area contributed by atoms with Crippen LogP contribution < -0.4 is 10.1 Å². The molecule has 1 aromatic heterocycles. The number of furan rings is 1. The molecular weight excluding hydrogens is 392 g/mol. The zero-order valence-electron chi connectivity index (χ0n) is 16.2. The minimum Gasteiger partial charge on any atom is -0.486 e. The van der Waals surface area contributed by atoms with Gasteiger partial charge in [0.2, 0.25) is 10.0 Å². The van der Waals surface area contributed by atoms with E-state index in [1.807, 2.05) is 30.3 Å². The van der Waals surface area contributed by atoms with Crippen LogP contribution in [0.5, 0.6) is 5.75 Å². The van der Waals surface area contributed by atoms with Crippen molar-refractivity contribution in [3.05, 3.63) is 83.8 Å². The second-order valence-electron chi connectivity index (χ2n) is 6.45. The van der Waals surface area contributed by atoms with Crippen molar-refractivity contribution in [2.45, 2.75) is 18.0 Å². The predicted molar refractivity (Wildman–Crippen MR) is 108 cm³/mol. The lowest BCUT2D eigenvalue weighted by Gasteiger charge is -2.15. The van der Waals surface area contributed by atoms with Gasteiger partial charge in [0.05, 0.1) is 4.90 Å². The van der Waals surface area contributed by atoms with Crippen LogP contribution >= 0.6 is 0 Å². The van der Waals surface area contributed by atoms with Gasteiger partial charge in [-0.05, 0) is 35.9 Å². The van der Waals surface area contributed by atoms with Crippen molar-refractivity contribution in [3.63, 3.8) is 0 Å². The molecule has 7 nitrogen and oxygen atoms in total. The quantitative estimate of drug-likeness (QED) is 0.612. The molecule has 0 aliphatic carbocycles. The van der Waals surface area contributed by atoms with E-state index in [-0.39, 0.29) is 23.8 Å². The molecular formula is C21H22N2O5S. The summed E-state index contributed by atoms with van der Waals surface area (Å²) in [6.45, 7) is 0.250. The average molecular weight is 414 g/mol. The number of nitrogens with zero attached hydrogens (tertiary/aromatic N) is 1. The first-order chi connectivity index (χ1) is 13.9. The third kappa shape index (κ3) is 5.04. The Kier molecular flexibility index (Phi) is 6.36. The number of ether oxygens (including phenoxy) is 1. The summed E-state index contributed by atoms with van der Waals surface area (Å²) in [7, 11) is -0.678. The summed E-state index contributed by atoms with van der Waals surface area (Å²) in [5.41, 5.74) is 0.494. The van der Waals surface area contributed by atoms with Crippen LogP contribution in [0.4, 0.5) is 0 Å². The SMILES string of the molecule is CN(C)S(=O)(=O)c1ccccc1CNC(=O)c1ccc(COc2ccccc2)o1. The van der Waals surface area contributed by atoms with E-state index in [2.05, 4.69) is 5.32 Å². The van der Waals surface area contributed by atoms with Gasteiger partial charge in [0.1, 0.15) is 18.1 Å². The molecule has 1 N–H and O–H groups in total. The number of hydrogen-bond donors (Lipinski definition) is 1. The molecule has 0 radical (unpaired) electrons. The summed E-state index contributed by atoms with van der Waals surface area (Å²) in [6.07, 6.45) is 0. The van der Waals surface area contributed by atoms with Gasteiger partial charge in [0.15, 0.2) is 5.76 Å². The number of carbonyl (C=O) groups is 1. The van der Waals surface area contributed by atoms with Crippen LogP contribution in [0.3, 0.4) is 0 Å². The summed E-state index contributed by atoms with van der Waals surface area (Å²) >= 11 is 0. The molecule has 3 aromatic rings. The number of carbonyl (C=O) groups excluding carboxylic acids is 1. The van der Waals surface area contributed by atoms with Gasteiger partial charge in [-0.2, -0.15) is 0 Å². The lowest BCUT2D eigenvalue weighted by atomic mass is 10.2. The maximum atomic E-state index is 12.4. The van der Waals surface area contributed by atoms with Gasteiger partial charge in [-0.3, -0.25) is 4.79 Å². The monoisotopic (exact) mass is 414 g/mol. The summed E-state index contributed by atoms with van der Waals surface area (Å²) in [5.74, 6) is 0.904. The maximum Gasteiger partial charge on any atom is 0.287 e. The van der Waals surface area contributed by atoms with Crippen LogP contribution in [0, 0.1) is 0 Å². The van der Waals surface area contributed by atoms with Gasteiger partial charge in [0.25, 0.3) is 5.91 Å². The van der Waals surface area contributed by atoms with Gasteiger partial charge in [-0.1, -0.05) is 36.4 Å². The van der Waals surface area contributed by atoms with Crippen LogP contribution in [0.15, 0.2) is 76.0 Å². The molecule has 8 heteroatoms. The van der Waals surface area contributed by atoms with Gasteiger partial charge in [-0.15, -0.1) is 0 Å². The normalized spacial score (nSPS) is 11.4. The molecule has 1 heterocycles. The van der Waals surface area contributed by atoms with E-state index < -0.39 is 15.9 Å². The van der Waals surface area contributed by atoms with Gasteiger partial charge >= 0.3 is 0 Å². The Labute approximate surface area is 170 Å². The molecule has 0 saturated heterocycles. The van der Waals surface area contributed by atoms with E-state index in [1.54, 1.807) is 30.3 Å². The van der Waals surface area contributed by atoms with Gasteiger partial charge in [0, 0.05) is 20.6 Å². The Hall–Kier alpha value is -3.10. The van der Waals surface area contributed by atoms with Crippen molar-refractivity contribution in [1.82, 2.24) is 9.62 Å². The third-order valence-corrected chi connectivity index (χ3v) is 6.10. The highest BCUT2D eigenvalue weighted by molar-refractivity contribution is 7.89. The molecule has 3 rings (SSSR count). The van der Waals surface area contributed by atoms with Crippen molar-refractivity contribution in [1.29, 1.82) is 0 Å². The largest absolute Gasteiger partial charge is 0.486 e. The first-order valence-corrected chi connectivity index (χ1v) is 10.4. The first-order valence-electron chi connectivity index (χ1n) is 8.93. The Balaban J connectivity index is 1.63. The Morgan fingerprint density at radius 2 is 1.69 bits per heavy atom. The van der Waals surface area contributed by atoms with Crippen molar-refractivity contribution >= 4 is 15.9 Å². The Bertz CT molecular complexity index is 1080. The van der Waals surface area contributed by atoms with E-state index >= 15 is 0 Å². The molecule has 0 bridgehead atoms. The van der Waals surface area contributed by atoms with Crippen molar-refractivity contribution in [2.75, 3.05) is 14.1 Å². The second kappa shape index (κ2) is 8.93. The predicted octanol–water partition coefficient (Wildman–Crippen LogP) is 3.04. The van der Waals surface area contributed by atoms with Crippen LogP contribution in [0.1, 0.15) is 21.9 Å². The Morgan fingerprint density at radius 3 is 2.41 bits per heavy atom. The fraction of sp³-hybridized carbons (Fsp3) is 0.190. The summed E-state index contributed by atoms with van der Waals surface area (Å²) in [6, 6.07) is 19.1. The topological polar surface area (TPSA) is 88.9 Å². The van der Waals surface area contributed by atoms with E-state index in [4.69, 9.17) is 9.15 Å². The molecule has 0 spiro atoms. The average Bonchev–Trinajstić information content (AvgIpc) is 3.20. The smallest absolute Gasteiger partial charge is 0.287 e. The van der Waals surface area contributed by atoms with Crippen molar-refractivity contribution in [3.8, 4) is 5.75 Å². The van der Waals surface area contributed by atoms with Crippen LogP contribution in [-0.2, 0) is 23.2 Å². The summed E-state index contributed by atoms with van der Waals surface area (Å²) in [4.78, 5) is 12.5. The fourth-order valence-corrected chi connectivity index (χ4v) is 3.73. The van der Waals surface area contributed by atoms with E-state index in [0.29, 0.717) is 17.1 Å². The molecule has 152 valence electrons. The molecule has 0 fully saturated rings. The van der Waals surface area contributed by atoms with Crippen LogP contribution in [-0.4, -0.2) is 32.7 Å².